The molecule has 112 valence electrons. The van der Waals surface area contributed by atoms with Crippen LogP contribution in [0.1, 0.15) is 16.1 Å². The molecule has 21 heavy (non-hydrogen) atoms. The maximum absolute atomic E-state index is 12.8. The Kier molecular flexibility index (Phi) is 3.91. The van der Waals surface area contributed by atoms with E-state index in [1.807, 2.05) is 0 Å². The maximum atomic E-state index is 12.8. The summed E-state index contributed by atoms with van der Waals surface area (Å²) in [5, 5.41) is 0. The van der Waals surface area contributed by atoms with Crippen molar-refractivity contribution in [2.24, 2.45) is 0 Å². The van der Waals surface area contributed by atoms with E-state index >= 15 is 0 Å². The molecule has 0 aliphatic carbocycles. The normalized spacial score (nSPS) is 12.3. The number of carbonyl (C=O) groups excluding carboxylic acids is 1. The summed E-state index contributed by atoms with van der Waals surface area (Å²) in [6.45, 7) is 0. The molecule has 0 radical (unpaired) electrons. The molecule has 0 saturated carbocycles. The summed E-state index contributed by atoms with van der Waals surface area (Å²) in [5.74, 6) is -2.21. The highest BCUT2D eigenvalue weighted by atomic mass is 32.2. The standard InChI is InChI=1S/C13H9F3O4S/c14-13(15,16)9-4-1-2-6-12(9)21(18,19)8-10(17)11-5-3-7-20-11/h1-7H,8H2. The first-order valence-electron chi connectivity index (χ1n) is 5.67. The number of alkyl halides is 3. The highest BCUT2D eigenvalue weighted by Gasteiger charge is 2.37. The van der Waals surface area contributed by atoms with Gasteiger partial charge in [0.05, 0.1) is 16.7 Å². The van der Waals surface area contributed by atoms with E-state index in [4.69, 9.17) is 4.42 Å². The molecule has 0 aliphatic rings. The largest absolute Gasteiger partial charge is 0.461 e. The fourth-order valence-corrected chi connectivity index (χ4v) is 3.18. The van der Waals surface area contributed by atoms with Gasteiger partial charge in [0.25, 0.3) is 0 Å². The van der Waals surface area contributed by atoms with E-state index < -0.39 is 38.0 Å². The molecule has 2 aromatic rings. The molecule has 0 bridgehead atoms. The van der Waals surface area contributed by atoms with Crippen molar-refractivity contribution in [3.8, 4) is 0 Å². The average Bonchev–Trinajstić information content (AvgIpc) is 2.91. The van der Waals surface area contributed by atoms with Crippen molar-refractivity contribution in [3.63, 3.8) is 0 Å². The number of benzene rings is 1. The van der Waals surface area contributed by atoms with Crippen LogP contribution in [0, 0.1) is 0 Å². The smallest absolute Gasteiger partial charge is 0.417 e. The summed E-state index contributed by atoms with van der Waals surface area (Å²) >= 11 is 0. The van der Waals surface area contributed by atoms with E-state index in [1.165, 1.54) is 24.5 Å². The summed E-state index contributed by atoms with van der Waals surface area (Å²) < 4.78 is 67.3. The van der Waals surface area contributed by atoms with Gasteiger partial charge in [-0.2, -0.15) is 13.2 Å². The van der Waals surface area contributed by atoms with Crippen LogP contribution in [0.25, 0.3) is 0 Å². The fraction of sp³-hybridized carbons (Fsp3) is 0.154. The lowest BCUT2D eigenvalue weighted by atomic mass is 10.2. The van der Waals surface area contributed by atoms with E-state index in [2.05, 4.69) is 0 Å². The van der Waals surface area contributed by atoms with Gasteiger partial charge in [0.2, 0.25) is 5.78 Å². The van der Waals surface area contributed by atoms with Gasteiger partial charge in [-0.25, -0.2) is 8.42 Å². The van der Waals surface area contributed by atoms with E-state index in [1.54, 1.807) is 0 Å². The van der Waals surface area contributed by atoms with Crippen molar-refractivity contribution < 1.29 is 30.8 Å². The molecule has 0 spiro atoms. The molecule has 2 rings (SSSR count). The quantitative estimate of drug-likeness (QED) is 0.813. The molecule has 0 unspecified atom stereocenters. The average molecular weight is 318 g/mol. The molecule has 1 aromatic carbocycles. The van der Waals surface area contributed by atoms with Crippen LogP contribution in [-0.2, 0) is 16.0 Å². The van der Waals surface area contributed by atoms with Crippen LogP contribution in [0.15, 0.2) is 52.0 Å². The lowest BCUT2D eigenvalue weighted by Crippen LogP contribution is -2.20. The number of carbonyl (C=O) groups is 1. The maximum Gasteiger partial charge on any atom is 0.417 e. The first-order valence-corrected chi connectivity index (χ1v) is 7.33. The van der Waals surface area contributed by atoms with Crippen molar-refractivity contribution in [2.75, 3.05) is 5.75 Å². The molecule has 0 atom stereocenters. The minimum absolute atomic E-state index is 0.219. The minimum atomic E-state index is -4.82. The van der Waals surface area contributed by atoms with Crippen molar-refractivity contribution >= 4 is 15.6 Å². The predicted octanol–water partition coefficient (Wildman–Crippen LogP) is 2.96. The lowest BCUT2D eigenvalue weighted by Gasteiger charge is -2.12. The van der Waals surface area contributed by atoms with Crippen LogP contribution in [0.4, 0.5) is 13.2 Å². The monoisotopic (exact) mass is 318 g/mol. The Hall–Kier alpha value is -2.09. The van der Waals surface area contributed by atoms with Gasteiger partial charge in [0, 0.05) is 0 Å². The zero-order chi connectivity index (χ0) is 15.7. The van der Waals surface area contributed by atoms with E-state index in [0.29, 0.717) is 6.07 Å². The highest BCUT2D eigenvalue weighted by molar-refractivity contribution is 7.92. The minimum Gasteiger partial charge on any atom is -0.461 e. The van der Waals surface area contributed by atoms with Gasteiger partial charge < -0.3 is 4.42 Å². The first kappa shape index (κ1) is 15.3. The van der Waals surface area contributed by atoms with Crippen molar-refractivity contribution in [3.05, 3.63) is 54.0 Å². The van der Waals surface area contributed by atoms with Gasteiger partial charge in [-0.05, 0) is 24.3 Å². The number of hydrogen-bond donors (Lipinski definition) is 0. The van der Waals surface area contributed by atoms with Gasteiger partial charge in [-0.1, -0.05) is 12.1 Å². The van der Waals surface area contributed by atoms with E-state index in [-0.39, 0.29) is 5.76 Å². The van der Waals surface area contributed by atoms with Gasteiger partial charge in [-0.15, -0.1) is 0 Å². The van der Waals surface area contributed by atoms with Gasteiger partial charge >= 0.3 is 6.18 Å². The van der Waals surface area contributed by atoms with Crippen molar-refractivity contribution in [2.45, 2.75) is 11.1 Å². The summed E-state index contributed by atoms with van der Waals surface area (Å²) in [7, 11) is -4.43. The molecule has 0 saturated heterocycles. The van der Waals surface area contributed by atoms with Crippen LogP contribution in [-0.4, -0.2) is 20.0 Å². The van der Waals surface area contributed by atoms with Gasteiger partial charge in [0.1, 0.15) is 5.75 Å². The van der Waals surface area contributed by atoms with Gasteiger partial charge in [0.15, 0.2) is 15.6 Å². The highest BCUT2D eigenvalue weighted by Crippen LogP contribution is 2.34. The van der Waals surface area contributed by atoms with Crippen LogP contribution in [0.3, 0.4) is 0 Å². The third-order valence-corrected chi connectivity index (χ3v) is 4.31. The molecule has 0 fully saturated rings. The molecule has 0 N–H and O–H groups in total. The molecular formula is C13H9F3O4S. The first-order chi connectivity index (χ1) is 9.72. The second-order valence-electron chi connectivity index (χ2n) is 4.15. The lowest BCUT2D eigenvalue weighted by molar-refractivity contribution is -0.139. The Morgan fingerprint density at radius 1 is 1.10 bits per heavy atom. The Labute approximate surface area is 118 Å². The second kappa shape index (κ2) is 5.36. The SMILES string of the molecule is O=C(CS(=O)(=O)c1ccccc1C(F)(F)F)c1ccco1. The Morgan fingerprint density at radius 3 is 2.33 bits per heavy atom. The van der Waals surface area contributed by atoms with Crippen LogP contribution in [0.2, 0.25) is 0 Å². The second-order valence-corrected chi connectivity index (χ2v) is 6.11. The Morgan fingerprint density at radius 2 is 1.76 bits per heavy atom. The number of Topliss-reactive ketones (excluding diaryl/α,β-unsaturated/α-hetero) is 1. The van der Waals surface area contributed by atoms with Gasteiger partial charge in [-0.3, -0.25) is 4.79 Å². The van der Waals surface area contributed by atoms with E-state index in [0.717, 1.165) is 12.1 Å². The molecule has 1 aromatic heterocycles. The zero-order valence-electron chi connectivity index (χ0n) is 10.4. The summed E-state index contributed by atoms with van der Waals surface area (Å²) in [6.07, 6.45) is -3.65. The molecule has 0 amide bonds. The third-order valence-electron chi connectivity index (χ3n) is 2.64. The van der Waals surface area contributed by atoms with Crippen LogP contribution in [0.5, 0.6) is 0 Å². The summed E-state index contributed by atoms with van der Waals surface area (Å²) in [6, 6.07) is 6.35. The zero-order valence-corrected chi connectivity index (χ0v) is 11.2. The van der Waals surface area contributed by atoms with Crippen molar-refractivity contribution in [1.29, 1.82) is 0 Å². The predicted molar refractivity (Wildman–Crippen MR) is 66.5 cm³/mol. The summed E-state index contributed by atoms with van der Waals surface area (Å²) in [5.41, 5.74) is -1.29. The molecule has 1 heterocycles. The third kappa shape index (κ3) is 3.33. The molecular weight excluding hydrogens is 309 g/mol. The summed E-state index contributed by atoms with van der Waals surface area (Å²) in [4.78, 5) is 10.8. The number of halogens is 3. The fourth-order valence-electron chi connectivity index (χ4n) is 1.73. The Bertz CT molecular complexity index is 746. The Balaban J connectivity index is 2.39. The number of ketones is 1. The van der Waals surface area contributed by atoms with Crippen LogP contribution >= 0.6 is 0 Å². The molecule has 8 heteroatoms. The number of sulfone groups is 1. The van der Waals surface area contributed by atoms with Crippen LogP contribution < -0.4 is 0 Å². The number of rotatable bonds is 4. The molecule has 4 nitrogen and oxygen atoms in total. The van der Waals surface area contributed by atoms with Crippen molar-refractivity contribution in [1.82, 2.24) is 0 Å². The van der Waals surface area contributed by atoms with E-state index in [9.17, 15) is 26.4 Å². The topological polar surface area (TPSA) is 64.3 Å². The molecule has 0 aliphatic heterocycles. The number of hydrogen-bond acceptors (Lipinski definition) is 4. The number of furan rings is 1.